The highest BCUT2D eigenvalue weighted by molar-refractivity contribution is 7.92. The first-order chi connectivity index (χ1) is 17.3. The molecule has 11 heteroatoms. The molecule has 1 aliphatic rings. The van der Waals surface area contributed by atoms with Gasteiger partial charge in [0.1, 0.15) is 5.69 Å². The highest BCUT2D eigenvalue weighted by Gasteiger charge is 2.44. The van der Waals surface area contributed by atoms with E-state index in [9.17, 15) is 13.2 Å². The van der Waals surface area contributed by atoms with Crippen LogP contribution in [0.25, 0.3) is 29.0 Å². The molecule has 0 aliphatic heterocycles. The quantitative estimate of drug-likeness (QED) is 0.315. The molecule has 0 unspecified atom stereocenters. The van der Waals surface area contributed by atoms with Gasteiger partial charge < -0.3 is 9.84 Å². The smallest absolute Gasteiger partial charge is 0.277 e. The lowest BCUT2D eigenvalue weighted by molar-refractivity contribution is -0.120. The largest absolute Gasteiger partial charge is 0.332 e. The summed E-state index contributed by atoms with van der Waals surface area (Å²) < 4.78 is 32.9. The molecule has 0 radical (unpaired) electrons. The van der Waals surface area contributed by atoms with Gasteiger partial charge in [-0.05, 0) is 36.6 Å². The van der Waals surface area contributed by atoms with Crippen LogP contribution in [0.15, 0.2) is 70.0 Å². The molecule has 2 heterocycles. The Bertz CT molecular complexity index is 1510. The predicted molar refractivity (Wildman–Crippen MR) is 140 cm³/mol. The van der Waals surface area contributed by atoms with E-state index in [0.29, 0.717) is 28.8 Å². The molecule has 0 bridgehead atoms. The van der Waals surface area contributed by atoms with Gasteiger partial charge in [0.2, 0.25) is 21.8 Å². The normalized spacial score (nSPS) is 14.6. The van der Waals surface area contributed by atoms with Gasteiger partial charge in [0.25, 0.3) is 5.89 Å². The molecular formula is C25H23N5O4S2. The van der Waals surface area contributed by atoms with Crippen LogP contribution in [0.5, 0.6) is 0 Å². The average Bonchev–Trinajstić information content (AvgIpc) is 3.24. The second-order valence-electron chi connectivity index (χ2n) is 8.80. The second kappa shape index (κ2) is 9.67. The third-order valence-electron chi connectivity index (χ3n) is 5.81. The maximum Gasteiger partial charge on any atom is 0.277 e. The SMILES string of the molecule is CC1(C(=O)Nc2cccc(NS(=O)(=O)CC=Cc3ccc(-c4noc(-c5cscn5)n4)cc3)c2)CC1. The van der Waals surface area contributed by atoms with E-state index in [0.717, 1.165) is 24.0 Å². The van der Waals surface area contributed by atoms with E-state index in [2.05, 4.69) is 25.2 Å². The molecule has 36 heavy (non-hydrogen) atoms. The van der Waals surface area contributed by atoms with Crippen molar-refractivity contribution in [1.29, 1.82) is 0 Å². The summed E-state index contributed by atoms with van der Waals surface area (Å²) >= 11 is 1.45. The molecule has 5 rings (SSSR count). The van der Waals surface area contributed by atoms with Crippen molar-refractivity contribution in [3.63, 3.8) is 0 Å². The minimum absolute atomic E-state index is 0.0456. The van der Waals surface area contributed by atoms with Crippen LogP contribution in [-0.4, -0.2) is 35.2 Å². The number of thiazole rings is 1. The van der Waals surface area contributed by atoms with Gasteiger partial charge in [-0.3, -0.25) is 9.52 Å². The third-order valence-corrected chi connectivity index (χ3v) is 7.58. The molecule has 2 N–H and O–H groups in total. The van der Waals surface area contributed by atoms with E-state index in [1.807, 2.05) is 36.6 Å². The van der Waals surface area contributed by atoms with Crippen LogP contribution in [0.4, 0.5) is 11.4 Å². The fraction of sp³-hybridized carbons (Fsp3) is 0.200. The van der Waals surface area contributed by atoms with Crippen molar-refractivity contribution in [3.05, 3.63) is 71.1 Å². The van der Waals surface area contributed by atoms with Crippen molar-refractivity contribution in [3.8, 4) is 23.0 Å². The van der Waals surface area contributed by atoms with Gasteiger partial charge in [-0.1, -0.05) is 54.6 Å². The van der Waals surface area contributed by atoms with Crippen LogP contribution in [-0.2, 0) is 14.8 Å². The Hall–Kier alpha value is -3.83. The summed E-state index contributed by atoms with van der Waals surface area (Å²) in [5.74, 6) is 0.560. The number of carbonyl (C=O) groups excluding carboxylic acids is 1. The molecular weight excluding hydrogens is 498 g/mol. The number of sulfonamides is 1. The highest BCUT2D eigenvalue weighted by Crippen LogP contribution is 2.45. The molecule has 2 aromatic carbocycles. The van der Waals surface area contributed by atoms with Gasteiger partial charge in [0, 0.05) is 22.0 Å². The summed E-state index contributed by atoms with van der Waals surface area (Å²) in [4.78, 5) is 20.8. The number of hydrogen-bond donors (Lipinski definition) is 2. The number of rotatable bonds is 9. The van der Waals surface area contributed by atoms with E-state index in [-0.39, 0.29) is 17.1 Å². The van der Waals surface area contributed by atoms with E-state index < -0.39 is 10.0 Å². The van der Waals surface area contributed by atoms with E-state index in [4.69, 9.17) is 4.52 Å². The molecule has 2 aromatic heterocycles. The third kappa shape index (κ3) is 5.69. The Balaban J connectivity index is 1.17. The molecule has 1 saturated carbocycles. The van der Waals surface area contributed by atoms with Crippen LogP contribution < -0.4 is 10.0 Å². The summed E-state index contributed by atoms with van der Waals surface area (Å²) in [5.41, 5.74) is 4.58. The molecule has 0 atom stereocenters. The maximum absolute atomic E-state index is 12.6. The van der Waals surface area contributed by atoms with Gasteiger partial charge in [0.15, 0.2) is 0 Å². The molecule has 1 fully saturated rings. The van der Waals surface area contributed by atoms with Crippen LogP contribution in [0, 0.1) is 5.41 Å². The minimum atomic E-state index is -3.62. The molecule has 184 valence electrons. The fourth-order valence-electron chi connectivity index (χ4n) is 3.40. The number of benzene rings is 2. The number of nitrogens with zero attached hydrogens (tertiary/aromatic N) is 3. The zero-order chi connectivity index (χ0) is 25.2. The summed E-state index contributed by atoms with van der Waals surface area (Å²) in [7, 11) is -3.62. The Labute approximate surface area is 212 Å². The lowest BCUT2D eigenvalue weighted by Crippen LogP contribution is -2.21. The number of aromatic nitrogens is 3. The van der Waals surface area contributed by atoms with Crippen molar-refractivity contribution in [2.75, 3.05) is 15.8 Å². The molecule has 4 aromatic rings. The summed E-state index contributed by atoms with van der Waals surface area (Å²) in [5, 5.41) is 8.68. The Morgan fingerprint density at radius 2 is 1.94 bits per heavy atom. The first-order valence-corrected chi connectivity index (χ1v) is 13.8. The highest BCUT2D eigenvalue weighted by atomic mass is 32.2. The van der Waals surface area contributed by atoms with Gasteiger partial charge in [0.05, 0.1) is 17.0 Å². The molecule has 0 saturated heterocycles. The van der Waals surface area contributed by atoms with Crippen LogP contribution in [0.1, 0.15) is 25.3 Å². The van der Waals surface area contributed by atoms with Gasteiger partial charge >= 0.3 is 0 Å². The topological polar surface area (TPSA) is 127 Å². The zero-order valence-electron chi connectivity index (χ0n) is 19.3. The monoisotopic (exact) mass is 521 g/mol. The van der Waals surface area contributed by atoms with E-state index in [1.54, 1.807) is 41.9 Å². The Morgan fingerprint density at radius 3 is 2.67 bits per heavy atom. The first kappa shape index (κ1) is 23.9. The van der Waals surface area contributed by atoms with Crippen molar-refractivity contribution >= 4 is 44.7 Å². The summed E-state index contributed by atoms with van der Waals surface area (Å²) in [6.45, 7) is 1.92. The molecule has 1 aliphatic carbocycles. The van der Waals surface area contributed by atoms with Crippen LogP contribution in [0.2, 0.25) is 0 Å². The van der Waals surface area contributed by atoms with Gasteiger partial charge in [-0.15, -0.1) is 11.3 Å². The fourth-order valence-corrected chi connectivity index (χ4v) is 4.84. The number of anilines is 2. The van der Waals surface area contributed by atoms with Crippen molar-refractivity contribution in [2.24, 2.45) is 5.41 Å². The van der Waals surface area contributed by atoms with E-state index >= 15 is 0 Å². The predicted octanol–water partition coefficient (Wildman–Crippen LogP) is 5.05. The Kier molecular flexibility index (Phi) is 6.42. The first-order valence-electron chi connectivity index (χ1n) is 11.2. The maximum atomic E-state index is 12.6. The van der Waals surface area contributed by atoms with E-state index in [1.165, 1.54) is 11.3 Å². The molecule has 0 spiro atoms. The summed E-state index contributed by atoms with van der Waals surface area (Å²) in [6.07, 6.45) is 5.04. The van der Waals surface area contributed by atoms with Crippen LogP contribution >= 0.6 is 11.3 Å². The molecule has 1 amide bonds. The molecule has 9 nitrogen and oxygen atoms in total. The second-order valence-corrected chi connectivity index (χ2v) is 11.3. The Morgan fingerprint density at radius 1 is 1.17 bits per heavy atom. The summed E-state index contributed by atoms with van der Waals surface area (Å²) in [6, 6.07) is 14.1. The van der Waals surface area contributed by atoms with Crippen molar-refractivity contribution in [2.45, 2.75) is 19.8 Å². The number of carbonyl (C=O) groups is 1. The van der Waals surface area contributed by atoms with Gasteiger partial charge in [-0.25, -0.2) is 13.4 Å². The standard InChI is InChI=1S/C25H23N5O4S2/c1-25(11-12-25)24(31)27-19-5-2-6-20(14-19)30-36(32,33)13-3-4-17-7-9-18(10-8-17)22-28-23(34-29-22)21-15-35-16-26-21/h2-10,14-16,30H,11-13H2,1H3,(H,27,31). The lowest BCUT2D eigenvalue weighted by atomic mass is 10.1. The van der Waals surface area contributed by atoms with Crippen LogP contribution in [0.3, 0.4) is 0 Å². The van der Waals surface area contributed by atoms with Crippen molar-refractivity contribution in [1.82, 2.24) is 15.1 Å². The average molecular weight is 522 g/mol. The number of nitrogens with one attached hydrogen (secondary N) is 2. The van der Waals surface area contributed by atoms with Gasteiger partial charge in [-0.2, -0.15) is 4.98 Å². The van der Waals surface area contributed by atoms with Crippen molar-refractivity contribution < 1.29 is 17.7 Å². The number of amides is 1. The minimum Gasteiger partial charge on any atom is -0.332 e. The number of hydrogen-bond acceptors (Lipinski definition) is 8. The lowest BCUT2D eigenvalue weighted by Gasteiger charge is -2.12. The zero-order valence-corrected chi connectivity index (χ0v) is 21.0.